The van der Waals surface area contributed by atoms with E-state index in [0.29, 0.717) is 29.8 Å². The smallest absolute Gasteiger partial charge is 0.304 e. The average Bonchev–Trinajstić information content (AvgIpc) is 2.75. The van der Waals surface area contributed by atoms with Crippen molar-refractivity contribution in [2.45, 2.75) is 32.7 Å². The Hall–Kier alpha value is -2.91. The number of hydrogen-bond acceptors (Lipinski definition) is 7. The third-order valence-corrected chi connectivity index (χ3v) is 5.71. The van der Waals surface area contributed by atoms with Crippen molar-refractivity contribution in [3.8, 4) is 5.75 Å². The summed E-state index contributed by atoms with van der Waals surface area (Å²) >= 11 is 6.39. The van der Waals surface area contributed by atoms with E-state index in [9.17, 15) is 9.59 Å². The van der Waals surface area contributed by atoms with Crippen LogP contribution in [0.15, 0.2) is 24.5 Å². The van der Waals surface area contributed by atoms with Crippen molar-refractivity contribution in [1.29, 1.82) is 0 Å². The molecule has 1 fully saturated rings. The number of carboxylic acids is 1. The summed E-state index contributed by atoms with van der Waals surface area (Å²) in [6, 6.07) is 3.34. The van der Waals surface area contributed by atoms with Gasteiger partial charge in [-0.05, 0) is 25.5 Å². The van der Waals surface area contributed by atoms with Gasteiger partial charge in [-0.2, -0.15) is 0 Å². The van der Waals surface area contributed by atoms with E-state index in [-0.39, 0.29) is 30.5 Å². The van der Waals surface area contributed by atoms with Crippen LogP contribution in [0.1, 0.15) is 47.9 Å². The van der Waals surface area contributed by atoms with E-state index in [4.69, 9.17) is 26.2 Å². The Balaban J connectivity index is 1.67. The van der Waals surface area contributed by atoms with Crippen molar-refractivity contribution in [2.75, 3.05) is 32.2 Å². The van der Waals surface area contributed by atoms with Gasteiger partial charge < -0.3 is 25.2 Å². The molecular weight excluding hydrogens is 436 g/mol. The molecule has 0 aromatic carbocycles. The molecule has 32 heavy (non-hydrogen) atoms. The van der Waals surface area contributed by atoms with Gasteiger partial charge in [0.05, 0.1) is 49.6 Å². The van der Waals surface area contributed by atoms with Crippen LogP contribution in [-0.4, -0.2) is 53.8 Å². The van der Waals surface area contributed by atoms with E-state index in [1.54, 1.807) is 13.3 Å². The quantitative estimate of drug-likeness (QED) is 0.492. The van der Waals surface area contributed by atoms with Gasteiger partial charge in [0.25, 0.3) is 5.91 Å². The number of nitrogens with one attached hydrogen (secondary N) is 2. The largest absolute Gasteiger partial charge is 0.495 e. The van der Waals surface area contributed by atoms with Gasteiger partial charge in [0.1, 0.15) is 11.6 Å². The van der Waals surface area contributed by atoms with Crippen molar-refractivity contribution in [2.24, 2.45) is 5.41 Å². The highest BCUT2D eigenvalue weighted by Crippen LogP contribution is 2.32. The Morgan fingerprint density at radius 1 is 1.31 bits per heavy atom. The zero-order valence-corrected chi connectivity index (χ0v) is 19.0. The van der Waals surface area contributed by atoms with Gasteiger partial charge in [-0.15, -0.1) is 0 Å². The first-order valence-corrected chi connectivity index (χ1v) is 10.7. The molecule has 172 valence electrons. The molecule has 0 saturated carbocycles. The lowest BCUT2D eigenvalue weighted by Crippen LogP contribution is -2.52. The third kappa shape index (κ3) is 5.46. The molecule has 1 aliphatic rings. The third-order valence-electron chi connectivity index (χ3n) is 5.43. The van der Waals surface area contributed by atoms with Crippen LogP contribution >= 0.6 is 11.6 Å². The first-order valence-electron chi connectivity index (χ1n) is 10.3. The van der Waals surface area contributed by atoms with E-state index >= 15 is 0 Å². The minimum Gasteiger partial charge on any atom is -0.495 e. The first-order chi connectivity index (χ1) is 15.3. The molecule has 2 aromatic rings. The number of carbonyl (C=O) groups is 2. The number of rotatable bonds is 10. The number of pyridine rings is 2. The van der Waals surface area contributed by atoms with Crippen LogP contribution in [0, 0.1) is 5.41 Å². The summed E-state index contributed by atoms with van der Waals surface area (Å²) in [6.45, 7) is 4.79. The summed E-state index contributed by atoms with van der Waals surface area (Å²) in [5.74, 6) is -0.209. The number of hydrogen-bond donors (Lipinski definition) is 3. The van der Waals surface area contributed by atoms with Crippen molar-refractivity contribution in [1.82, 2.24) is 15.3 Å². The normalized spacial score (nSPS) is 15.4. The molecule has 3 heterocycles. The number of carbonyl (C=O) groups excluding carboxylic acids is 1. The van der Waals surface area contributed by atoms with Gasteiger partial charge in [0, 0.05) is 29.4 Å². The second kappa shape index (κ2) is 10.1. The van der Waals surface area contributed by atoms with Crippen LogP contribution in [0.2, 0.25) is 5.02 Å². The molecular formula is C22H27ClN4O5. The zero-order valence-electron chi connectivity index (χ0n) is 18.3. The average molecular weight is 463 g/mol. The Bertz CT molecular complexity index is 996. The molecule has 9 nitrogen and oxygen atoms in total. The molecule has 0 bridgehead atoms. The molecule has 1 atom stereocenters. The number of nitrogens with zero attached hydrogens (tertiary/aromatic N) is 2. The fourth-order valence-corrected chi connectivity index (χ4v) is 3.73. The monoisotopic (exact) mass is 462 g/mol. The summed E-state index contributed by atoms with van der Waals surface area (Å²) in [5.41, 5.74) is 1.58. The molecule has 10 heteroatoms. The molecule has 2 aromatic heterocycles. The number of aliphatic carboxylic acids is 1. The molecule has 0 spiro atoms. The number of methoxy groups -OCH3 is 1. The van der Waals surface area contributed by atoms with E-state index in [1.165, 1.54) is 12.3 Å². The number of aryl methyl sites for hydroxylation is 1. The highest BCUT2D eigenvalue weighted by atomic mass is 35.5. The highest BCUT2D eigenvalue weighted by Gasteiger charge is 2.41. The maximum Gasteiger partial charge on any atom is 0.304 e. The fourth-order valence-electron chi connectivity index (χ4n) is 3.51. The molecule has 1 amide bonds. The van der Waals surface area contributed by atoms with Gasteiger partial charge in [-0.1, -0.05) is 18.5 Å². The Morgan fingerprint density at radius 2 is 2.06 bits per heavy atom. The van der Waals surface area contributed by atoms with Crippen LogP contribution < -0.4 is 15.4 Å². The molecule has 0 radical (unpaired) electrons. The van der Waals surface area contributed by atoms with E-state index in [2.05, 4.69) is 20.6 Å². The van der Waals surface area contributed by atoms with Gasteiger partial charge in [0.2, 0.25) is 0 Å². The zero-order chi connectivity index (χ0) is 23.3. The second-order valence-electron chi connectivity index (χ2n) is 7.94. The van der Waals surface area contributed by atoms with Gasteiger partial charge in [-0.3, -0.25) is 14.6 Å². The predicted molar refractivity (Wildman–Crippen MR) is 119 cm³/mol. The molecule has 3 N–H and O–H groups in total. The van der Waals surface area contributed by atoms with Crippen LogP contribution in [0.25, 0.3) is 0 Å². The second-order valence-corrected chi connectivity index (χ2v) is 8.34. The fraction of sp³-hybridized carbons (Fsp3) is 0.455. The topological polar surface area (TPSA) is 123 Å². The maximum atomic E-state index is 12.5. The summed E-state index contributed by atoms with van der Waals surface area (Å²) < 4.78 is 10.6. The summed E-state index contributed by atoms with van der Waals surface area (Å²) in [7, 11) is 1.59. The molecule has 0 unspecified atom stereocenters. The first kappa shape index (κ1) is 23.7. The van der Waals surface area contributed by atoms with Crippen LogP contribution in [0.5, 0.6) is 5.75 Å². The number of halogens is 1. The van der Waals surface area contributed by atoms with E-state index < -0.39 is 11.4 Å². The summed E-state index contributed by atoms with van der Waals surface area (Å²) in [5, 5.41) is 15.4. The van der Waals surface area contributed by atoms with Crippen molar-refractivity contribution >= 4 is 29.3 Å². The van der Waals surface area contributed by atoms with Gasteiger partial charge in [0.15, 0.2) is 0 Å². The van der Waals surface area contributed by atoms with Gasteiger partial charge in [-0.25, -0.2) is 4.98 Å². The summed E-state index contributed by atoms with van der Waals surface area (Å²) in [6.07, 6.45) is 3.86. The van der Waals surface area contributed by atoms with Crippen LogP contribution in [0.3, 0.4) is 0 Å². The molecule has 3 rings (SSSR count). The summed E-state index contributed by atoms with van der Waals surface area (Å²) in [4.78, 5) is 32.3. The van der Waals surface area contributed by atoms with E-state index in [0.717, 1.165) is 17.7 Å². The lowest BCUT2D eigenvalue weighted by molar-refractivity contribution is -0.155. The maximum absolute atomic E-state index is 12.5. The standard InChI is InChI=1S/C22H27ClN4O5/c1-4-15-6-16(18(31-3)9-24-15)13(2)27-20-17(23)5-14(8-25-20)21(30)26-10-22(7-19(28)29)11-32-12-22/h5-6,8-9,13H,4,7,10-12H2,1-3H3,(H,25,27)(H,26,30)(H,28,29)/t13-/m0/s1. The van der Waals surface area contributed by atoms with Crippen molar-refractivity contribution < 1.29 is 24.2 Å². The van der Waals surface area contributed by atoms with Crippen molar-refractivity contribution in [3.05, 3.63) is 46.4 Å². The number of anilines is 1. The van der Waals surface area contributed by atoms with E-state index in [1.807, 2.05) is 19.9 Å². The predicted octanol–water partition coefficient (Wildman–Crippen LogP) is 3.10. The molecule has 1 aliphatic heterocycles. The Labute approximate surface area is 191 Å². The Morgan fingerprint density at radius 3 is 2.62 bits per heavy atom. The number of ether oxygens (including phenoxy) is 2. The lowest BCUT2D eigenvalue weighted by Gasteiger charge is -2.40. The SMILES string of the molecule is CCc1cc([C@H](C)Nc2ncc(C(=O)NCC3(CC(=O)O)COC3)cc2Cl)c(OC)cn1. The molecule has 1 saturated heterocycles. The Kier molecular flexibility index (Phi) is 7.52. The number of aromatic nitrogens is 2. The minimum atomic E-state index is -0.923. The number of amides is 1. The van der Waals surface area contributed by atoms with Crippen molar-refractivity contribution in [3.63, 3.8) is 0 Å². The molecule has 0 aliphatic carbocycles. The van der Waals surface area contributed by atoms with Gasteiger partial charge >= 0.3 is 5.97 Å². The number of carboxylic acid groups (broad SMARTS) is 1. The van der Waals surface area contributed by atoms with Crippen LogP contribution in [0.4, 0.5) is 5.82 Å². The van der Waals surface area contributed by atoms with Crippen LogP contribution in [-0.2, 0) is 16.0 Å². The highest BCUT2D eigenvalue weighted by molar-refractivity contribution is 6.33. The lowest BCUT2D eigenvalue weighted by atomic mass is 9.82. The minimum absolute atomic E-state index is 0.0642.